The number of hydrogen-bond donors (Lipinski definition) is 2. The van der Waals surface area contributed by atoms with Gasteiger partial charge in [0.2, 0.25) is 0 Å². The molecule has 135 heavy (non-hydrogen) atoms. The highest BCUT2D eigenvalue weighted by atomic mass is 19.1. The predicted molar refractivity (Wildman–Crippen MR) is 564 cm³/mol. The maximum atomic E-state index is 12.6. The van der Waals surface area contributed by atoms with Gasteiger partial charge in [0, 0.05) is 166 Å². The summed E-state index contributed by atoms with van der Waals surface area (Å²) >= 11 is 0. The molecule has 780 valence electrons. The molecule has 19 heteroatoms. The zero-order valence-corrected chi connectivity index (χ0v) is 92.8. The molecule has 2 N–H and O–H groups in total. The second-order valence-electron chi connectivity index (χ2n) is 38.7. The van der Waals surface area contributed by atoms with Crippen molar-refractivity contribution >= 4 is 92.9 Å². The fourth-order valence-corrected chi connectivity index (χ4v) is 9.61. The number of carboxylic acids is 2. The third kappa shape index (κ3) is 118. The molecule has 3 rings (SSSR count). The van der Waals surface area contributed by atoms with Crippen LogP contribution in [0.25, 0.3) is 0 Å². The van der Waals surface area contributed by atoms with Crippen LogP contribution >= 0.6 is 0 Å². The smallest absolute Gasteiger partial charge is 0.303 e. The fourth-order valence-electron chi connectivity index (χ4n) is 9.61. The molecular weight excluding hydrogens is 1700 g/mol. The van der Waals surface area contributed by atoms with Crippen molar-refractivity contribution in [2.45, 2.75) is 436 Å². The Morgan fingerprint density at radius 2 is 0.519 bits per heavy atom. The van der Waals surface area contributed by atoms with E-state index in [4.69, 9.17) is 10.2 Å². The third-order valence-corrected chi connectivity index (χ3v) is 19.8. The normalized spacial score (nSPS) is 10.3. The van der Waals surface area contributed by atoms with Crippen LogP contribution in [0.4, 0.5) is 4.39 Å². The molecule has 0 amide bonds. The summed E-state index contributed by atoms with van der Waals surface area (Å²) in [5, 5.41) is 16.4. The van der Waals surface area contributed by atoms with Gasteiger partial charge in [-0.15, -0.1) is 0 Å². The highest BCUT2D eigenvalue weighted by Gasteiger charge is 2.15. The number of rotatable bonds is 48. The van der Waals surface area contributed by atoms with Gasteiger partial charge in [-0.1, -0.05) is 335 Å². The number of carboxylic acid groups (broad SMARTS) is 2. The van der Waals surface area contributed by atoms with E-state index in [-0.39, 0.29) is 131 Å². The minimum absolute atomic E-state index is 0.0161. The second-order valence-corrected chi connectivity index (χ2v) is 38.7. The molecular formula is C116H201FO18. The second kappa shape index (κ2) is 100. The highest BCUT2D eigenvalue weighted by molar-refractivity contribution is 5.91. The van der Waals surface area contributed by atoms with Gasteiger partial charge in [-0.25, -0.2) is 4.39 Å². The maximum Gasteiger partial charge on any atom is 0.303 e. The first kappa shape index (κ1) is 149. The Morgan fingerprint density at radius 3 is 0.733 bits per heavy atom. The molecule has 0 aliphatic rings. The van der Waals surface area contributed by atoms with Crippen molar-refractivity contribution in [3.8, 4) is 0 Å². The van der Waals surface area contributed by atoms with E-state index in [0.29, 0.717) is 95.9 Å². The van der Waals surface area contributed by atoms with Crippen molar-refractivity contribution < 1.29 is 91.3 Å². The lowest BCUT2D eigenvalue weighted by Crippen LogP contribution is -2.09. The molecule has 0 fully saturated rings. The Bertz CT molecular complexity index is 3420. The van der Waals surface area contributed by atoms with Gasteiger partial charge in [0.15, 0.2) is 5.78 Å². The molecule has 0 bridgehead atoms. The Labute approximate surface area is 824 Å². The summed E-state index contributed by atoms with van der Waals surface area (Å²) in [5.74, 6) is 5.31. The molecule has 0 atom stereocenters. The number of ketones is 14. The molecule has 0 aliphatic carbocycles. The fraction of sp³-hybridized carbons (Fsp3) is 0.690. The van der Waals surface area contributed by atoms with Crippen LogP contribution in [0.1, 0.15) is 434 Å². The number of aliphatic carboxylic acids is 2. The van der Waals surface area contributed by atoms with E-state index < -0.39 is 11.9 Å². The molecule has 0 saturated heterocycles. The maximum absolute atomic E-state index is 12.6. The number of carbonyl (C=O) groups excluding carboxylic acids is 14. The summed E-state index contributed by atoms with van der Waals surface area (Å²) < 4.78 is 12.6. The molecule has 0 radical (unpaired) electrons. The van der Waals surface area contributed by atoms with Crippen LogP contribution in [0.15, 0.2) is 97.1 Å². The van der Waals surface area contributed by atoms with E-state index in [2.05, 4.69) is 38.1 Å². The van der Waals surface area contributed by atoms with E-state index in [1.165, 1.54) is 24.1 Å². The molecule has 0 aromatic heterocycles. The Morgan fingerprint density at radius 1 is 0.267 bits per heavy atom. The van der Waals surface area contributed by atoms with Crippen LogP contribution in [0.2, 0.25) is 0 Å². The predicted octanol–water partition coefficient (Wildman–Crippen LogP) is 29.7. The minimum atomic E-state index is -0.908. The number of carbonyl (C=O) groups is 16. The minimum Gasteiger partial charge on any atom is -0.481 e. The van der Waals surface area contributed by atoms with E-state index in [0.717, 1.165) is 127 Å². The summed E-state index contributed by atoms with van der Waals surface area (Å²) in [4.78, 5) is 172. The molecule has 0 aliphatic heterocycles. The van der Waals surface area contributed by atoms with Crippen molar-refractivity contribution in [1.29, 1.82) is 0 Å². The highest BCUT2D eigenvalue weighted by Crippen LogP contribution is 2.15. The molecule has 0 saturated carbocycles. The number of hydrogen-bond acceptors (Lipinski definition) is 16. The van der Waals surface area contributed by atoms with Crippen molar-refractivity contribution in [2.24, 2.45) is 88.8 Å². The SMILES string of the molecule is C/C=C/C(=O)C(C)C.CC(=O)C(C)C.CC(C)C(=O)CCC(=O)O.CC(C)C(=O)CCCC(=O)O.CC(C)C(=O)CCCCCc1ccccc1.CC(C)C(=O)CCCCc1ccc(F)cc1.CC(C)C(=O)Cc1ccccc1.CC(C)CC(=O)C(C)C.CCC(=O)C(C)C.CCCC(=O)C(C)C.CCCC(=O)C(C)C.CCCC(=O)C(C)C.CCCC(=O)C(C)C.CCCC(=O)C(C)C. The average molecular weight is 1900 g/mol. The molecule has 3 aromatic carbocycles. The quantitative estimate of drug-likeness (QED) is 0.0392. The monoisotopic (exact) mass is 1900 g/mol. The molecule has 3 aromatic rings. The van der Waals surface area contributed by atoms with Gasteiger partial charge in [-0.3, -0.25) is 76.7 Å². The van der Waals surface area contributed by atoms with Gasteiger partial charge >= 0.3 is 11.9 Å². The number of halogens is 1. The number of aryl methyl sites for hydroxylation is 2. The zero-order valence-electron chi connectivity index (χ0n) is 92.8. The van der Waals surface area contributed by atoms with Crippen molar-refractivity contribution in [1.82, 2.24) is 0 Å². The van der Waals surface area contributed by atoms with E-state index >= 15 is 0 Å². The average Bonchev–Trinajstić information content (AvgIpc) is 0.928. The van der Waals surface area contributed by atoms with Crippen LogP contribution in [0.5, 0.6) is 0 Å². The van der Waals surface area contributed by atoms with Crippen molar-refractivity contribution in [2.75, 3.05) is 0 Å². The molecule has 0 heterocycles. The lowest BCUT2D eigenvalue weighted by molar-refractivity contribution is -0.139. The van der Waals surface area contributed by atoms with Gasteiger partial charge in [0.25, 0.3) is 0 Å². The Hall–Kier alpha value is -8.35. The number of allylic oxidation sites excluding steroid dienone is 2. The zero-order chi connectivity index (χ0) is 108. The van der Waals surface area contributed by atoms with Crippen LogP contribution in [-0.4, -0.2) is 103 Å². The standard InChI is InChI=1S/C15H22O.C14H19FO.C11H14O.C8H14O3.C8H16O.C7H12O3.5C7H14O.C7H12O.C6H12O.C5H10O/c1-13(2)15(16)12-8-4-7-11-14-9-5-3-6-10-14;1-11(2)14(16)6-4-3-5-12-7-9-13(15)10-8-12;1-9(2)11(12)8-10-6-4-3-5-7-10;1-6(2)7(9)4-3-5-8(10)11;1-6(2)5-8(9)7(3)4;1-5(2)6(8)3-4-7(9)10;6*1-4-5-7(8)6(2)3;1-4-6(7)5(2)3;1-4(2)5(3)6/h3,5-6,9-10,13H,4,7-8,11-12H2,1-2H3;7-11H,3-6H2,1-2H3;3-7,9H,8H2,1-2H3;6H,3-5H2,1-2H3,(H,10,11);6-7H,5H2,1-4H3;5H,3-4H2,1-2H3,(H,9,10);5*6H,4-5H2,1-3H3;4-6H,1-3H3;5H,4H2,1-3H3;4H,1-3H3/b;;;;;;;;;;;5-4+;;. The van der Waals surface area contributed by atoms with Crippen LogP contribution < -0.4 is 0 Å². The first-order chi connectivity index (χ1) is 62.5. The Balaban J connectivity index is -0.000000138. The Kier molecular flexibility index (Phi) is 111. The first-order valence-corrected chi connectivity index (χ1v) is 50.8. The van der Waals surface area contributed by atoms with E-state index in [1.54, 1.807) is 45.1 Å². The largest absolute Gasteiger partial charge is 0.481 e. The first-order valence-electron chi connectivity index (χ1n) is 50.8. The lowest BCUT2D eigenvalue weighted by Gasteiger charge is -2.05. The molecule has 0 unspecified atom stereocenters. The third-order valence-electron chi connectivity index (χ3n) is 19.8. The summed E-state index contributed by atoms with van der Waals surface area (Å²) in [6, 6.07) is 27.0. The van der Waals surface area contributed by atoms with Gasteiger partial charge in [0.05, 0.1) is 6.42 Å². The van der Waals surface area contributed by atoms with Crippen molar-refractivity contribution in [3.05, 3.63) is 120 Å². The van der Waals surface area contributed by atoms with Gasteiger partial charge in [0.1, 0.15) is 81.0 Å². The van der Waals surface area contributed by atoms with Crippen LogP contribution in [0, 0.1) is 94.6 Å². The van der Waals surface area contributed by atoms with Crippen LogP contribution in [0.3, 0.4) is 0 Å². The van der Waals surface area contributed by atoms with Gasteiger partial charge in [-0.2, -0.15) is 0 Å². The van der Waals surface area contributed by atoms with Crippen LogP contribution in [-0.2, 0) is 96.0 Å². The summed E-state index contributed by atoms with van der Waals surface area (Å²) in [5.41, 5.74) is 3.65. The molecule has 0 spiro atoms. The van der Waals surface area contributed by atoms with E-state index in [9.17, 15) is 81.1 Å². The summed E-state index contributed by atoms with van der Waals surface area (Å²) in [7, 11) is 0. The summed E-state index contributed by atoms with van der Waals surface area (Å²) in [6.07, 6.45) is 23.9. The van der Waals surface area contributed by atoms with Gasteiger partial charge < -0.3 is 10.2 Å². The molecule has 18 nitrogen and oxygen atoms in total. The van der Waals surface area contributed by atoms with E-state index in [1.807, 2.05) is 265 Å². The topological polar surface area (TPSA) is 314 Å². The number of benzene rings is 3. The lowest BCUT2D eigenvalue weighted by atomic mass is 9.99. The van der Waals surface area contributed by atoms with Crippen molar-refractivity contribution in [3.63, 3.8) is 0 Å². The number of Topliss-reactive ketones (excluding diaryl/α,β-unsaturated/α-hetero) is 13. The summed E-state index contributed by atoms with van der Waals surface area (Å²) in [6.45, 7) is 73.2. The van der Waals surface area contributed by atoms with Gasteiger partial charge in [-0.05, 0) is 132 Å². The number of unbranched alkanes of at least 4 members (excludes halogenated alkanes) is 3.